The van der Waals surface area contributed by atoms with Crippen molar-refractivity contribution in [1.82, 2.24) is 4.98 Å². The SMILES string of the molecule is O=Cc1c(C(=O)c2ccccc2)[nH]c2cccc(Br)c12. The number of aromatic nitrogens is 1. The number of hydrogen-bond acceptors (Lipinski definition) is 2. The average molecular weight is 328 g/mol. The molecule has 0 atom stereocenters. The molecule has 4 heteroatoms. The molecular formula is C16H10BrNO2. The number of H-pyrrole nitrogens is 1. The van der Waals surface area contributed by atoms with Gasteiger partial charge in [0, 0.05) is 20.9 Å². The van der Waals surface area contributed by atoms with Gasteiger partial charge in [0.25, 0.3) is 0 Å². The van der Waals surface area contributed by atoms with Crippen molar-refractivity contribution in [2.45, 2.75) is 0 Å². The lowest BCUT2D eigenvalue weighted by Crippen LogP contribution is -2.04. The van der Waals surface area contributed by atoms with Crippen molar-refractivity contribution in [2.24, 2.45) is 0 Å². The van der Waals surface area contributed by atoms with Gasteiger partial charge in [0.2, 0.25) is 5.78 Å². The Kier molecular flexibility index (Phi) is 3.24. The summed E-state index contributed by atoms with van der Waals surface area (Å²) in [5.41, 5.74) is 2.04. The van der Waals surface area contributed by atoms with Crippen LogP contribution in [0.15, 0.2) is 53.0 Å². The standard InChI is InChI=1S/C16H10BrNO2/c17-12-7-4-8-13-14(12)11(9-19)15(18-13)16(20)10-5-2-1-3-6-10/h1-9,18H. The van der Waals surface area contributed by atoms with E-state index in [2.05, 4.69) is 20.9 Å². The third-order valence-electron chi connectivity index (χ3n) is 3.19. The molecule has 3 aromatic rings. The van der Waals surface area contributed by atoms with Crippen LogP contribution in [0.4, 0.5) is 0 Å². The lowest BCUT2D eigenvalue weighted by atomic mass is 10.0. The van der Waals surface area contributed by atoms with Crippen LogP contribution in [-0.4, -0.2) is 17.1 Å². The summed E-state index contributed by atoms with van der Waals surface area (Å²) in [6.45, 7) is 0. The number of fused-ring (bicyclic) bond motifs is 1. The molecule has 0 aliphatic carbocycles. The van der Waals surface area contributed by atoms with Crippen molar-refractivity contribution < 1.29 is 9.59 Å². The molecule has 0 bridgehead atoms. The van der Waals surface area contributed by atoms with Gasteiger partial charge in [0.1, 0.15) is 0 Å². The quantitative estimate of drug-likeness (QED) is 0.584. The summed E-state index contributed by atoms with van der Waals surface area (Å²) >= 11 is 3.42. The predicted molar refractivity (Wildman–Crippen MR) is 81.3 cm³/mol. The second kappa shape index (κ2) is 5.06. The smallest absolute Gasteiger partial charge is 0.209 e. The summed E-state index contributed by atoms with van der Waals surface area (Å²) in [7, 11) is 0. The molecule has 3 rings (SSSR count). The van der Waals surface area contributed by atoms with Crippen molar-refractivity contribution >= 4 is 38.9 Å². The third-order valence-corrected chi connectivity index (χ3v) is 3.85. The number of benzene rings is 2. The van der Waals surface area contributed by atoms with Crippen LogP contribution in [0.3, 0.4) is 0 Å². The Balaban J connectivity index is 2.25. The Morgan fingerprint density at radius 2 is 1.80 bits per heavy atom. The number of carbonyl (C=O) groups excluding carboxylic acids is 2. The molecule has 20 heavy (non-hydrogen) atoms. The third kappa shape index (κ3) is 1.98. The average Bonchev–Trinajstić information content (AvgIpc) is 2.87. The first kappa shape index (κ1) is 12.8. The van der Waals surface area contributed by atoms with Crippen LogP contribution in [-0.2, 0) is 0 Å². The molecule has 0 radical (unpaired) electrons. The van der Waals surface area contributed by atoms with Crippen molar-refractivity contribution in [3.8, 4) is 0 Å². The highest BCUT2D eigenvalue weighted by atomic mass is 79.9. The zero-order valence-corrected chi connectivity index (χ0v) is 12.0. The first-order valence-corrected chi connectivity index (χ1v) is 6.87. The summed E-state index contributed by atoms with van der Waals surface area (Å²) in [6, 6.07) is 14.5. The molecule has 1 heterocycles. The number of carbonyl (C=O) groups is 2. The van der Waals surface area contributed by atoms with E-state index in [0.29, 0.717) is 16.8 Å². The van der Waals surface area contributed by atoms with Gasteiger partial charge in [0.05, 0.1) is 11.3 Å². The van der Waals surface area contributed by atoms with Crippen LogP contribution in [0, 0.1) is 0 Å². The second-order valence-corrected chi connectivity index (χ2v) is 5.24. The summed E-state index contributed by atoms with van der Waals surface area (Å²) < 4.78 is 0.792. The molecule has 0 aliphatic heterocycles. The van der Waals surface area contributed by atoms with Gasteiger partial charge < -0.3 is 4.98 Å². The van der Waals surface area contributed by atoms with Crippen LogP contribution in [0.5, 0.6) is 0 Å². The monoisotopic (exact) mass is 327 g/mol. The highest BCUT2D eigenvalue weighted by Crippen LogP contribution is 2.29. The zero-order chi connectivity index (χ0) is 14.1. The van der Waals surface area contributed by atoms with Gasteiger partial charge >= 0.3 is 0 Å². The fourth-order valence-corrected chi connectivity index (χ4v) is 2.84. The molecule has 0 aliphatic rings. The molecule has 1 aromatic heterocycles. The van der Waals surface area contributed by atoms with E-state index in [9.17, 15) is 9.59 Å². The van der Waals surface area contributed by atoms with Crippen molar-refractivity contribution in [3.05, 3.63) is 69.8 Å². The van der Waals surface area contributed by atoms with Gasteiger partial charge in [-0.2, -0.15) is 0 Å². The molecule has 0 saturated carbocycles. The molecule has 0 fully saturated rings. The predicted octanol–water partition coefficient (Wildman–Crippen LogP) is 3.97. The Hall–Kier alpha value is -2.20. The van der Waals surface area contributed by atoms with Crippen molar-refractivity contribution in [1.29, 1.82) is 0 Å². The van der Waals surface area contributed by atoms with Gasteiger partial charge in [0.15, 0.2) is 6.29 Å². The van der Waals surface area contributed by atoms with Crippen molar-refractivity contribution in [3.63, 3.8) is 0 Å². The first-order chi connectivity index (χ1) is 9.72. The number of aromatic amines is 1. The molecule has 3 nitrogen and oxygen atoms in total. The number of hydrogen-bond donors (Lipinski definition) is 1. The molecular weight excluding hydrogens is 318 g/mol. The summed E-state index contributed by atoms with van der Waals surface area (Å²) in [6.07, 6.45) is 0.722. The van der Waals surface area contributed by atoms with Crippen LogP contribution in [0.25, 0.3) is 10.9 Å². The van der Waals surface area contributed by atoms with E-state index in [-0.39, 0.29) is 5.78 Å². The Morgan fingerprint density at radius 1 is 1.05 bits per heavy atom. The highest BCUT2D eigenvalue weighted by Gasteiger charge is 2.19. The molecule has 0 saturated heterocycles. The maximum Gasteiger partial charge on any atom is 0.209 e. The molecule has 2 aromatic carbocycles. The molecule has 0 unspecified atom stereocenters. The Bertz CT molecular complexity index is 806. The van der Waals surface area contributed by atoms with Gasteiger partial charge in [-0.3, -0.25) is 9.59 Å². The largest absolute Gasteiger partial charge is 0.351 e. The van der Waals surface area contributed by atoms with E-state index in [1.807, 2.05) is 24.3 Å². The molecule has 0 amide bonds. The number of rotatable bonds is 3. The number of ketones is 1. The van der Waals surface area contributed by atoms with E-state index in [4.69, 9.17) is 0 Å². The minimum Gasteiger partial charge on any atom is -0.351 e. The van der Waals surface area contributed by atoms with Gasteiger partial charge in [-0.05, 0) is 12.1 Å². The number of halogens is 1. The van der Waals surface area contributed by atoms with Crippen LogP contribution in [0.2, 0.25) is 0 Å². The fraction of sp³-hybridized carbons (Fsp3) is 0. The Labute approximate surface area is 123 Å². The zero-order valence-electron chi connectivity index (χ0n) is 10.4. The van der Waals surface area contributed by atoms with E-state index in [1.165, 1.54) is 0 Å². The van der Waals surface area contributed by atoms with Crippen LogP contribution < -0.4 is 0 Å². The van der Waals surface area contributed by atoms with E-state index >= 15 is 0 Å². The van der Waals surface area contributed by atoms with Gasteiger partial charge in [-0.1, -0.05) is 52.3 Å². The molecule has 0 spiro atoms. The lowest BCUT2D eigenvalue weighted by Gasteiger charge is -1.99. The molecule has 1 N–H and O–H groups in total. The fourth-order valence-electron chi connectivity index (χ4n) is 2.26. The number of aldehydes is 1. The van der Waals surface area contributed by atoms with Gasteiger partial charge in [-0.15, -0.1) is 0 Å². The normalized spacial score (nSPS) is 10.7. The highest BCUT2D eigenvalue weighted by molar-refractivity contribution is 9.10. The second-order valence-electron chi connectivity index (χ2n) is 4.39. The van der Waals surface area contributed by atoms with E-state index in [1.54, 1.807) is 24.3 Å². The minimum absolute atomic E-state index is 0.184. The van der Waals surface area contributed by atoms with Gasteiger partial charge in [-0.25, -0.2) is 0 Å². The maximum atomic E-state index is 12.5. The maximum absolute atomic E-state index is 12.5. The topological polar surface area (TPSA) is 49.9 Å². The Morgan fingerprint density at radius 3 is 2.50 bits per heavy atom. The van der Waals surface area contributed by atoms with E-state index < -0.39 is 0 Å². The summed E-state index contributed by atoms with van der Waals surface area (Å²) in [5, 5.41) is 0.738. The summed E-state index contributed by atoms with van der Waals surface area (Å²) in [4.78, 5) is 26.9. The lowest BCUT2D eigenvalue weighted by molar-refractivity contribution is 0.102. The van der Waals surface area contributed by atoms with Crippen molar-refractivity contribution in [2.75, 3.05) is 0 Å². The van der Waals surface area contributed by atoms with Crippen LogP contribution >= 0.6 is 15.9 Å². The molecule has 98 valence electrons. The minimum atomic E-state index is -0.184. The number of nitrogens with one attached hydrogen (secondary N) is 1. The van der Waals surface area contributed by atoms with Crippen LogP contribution in [0.1, 0.15) is 26.4 Å². The van der Waals surface area contributed by atoms with E-state index in [0.717, 1.165) is 21.7 Å². The summed E-state index contributed by atoms with van der Waals surface area (Å²) in [5.74, 6) is -0.184. The first-order valence-electron chi connectivity index (χ1n) is 6.07.